The van der Waals surface area contributed by atoms with Crippen molar-refractivity contribution >= 4 is 29.0 Å². The van der Waals surface area contributed by atoms with Crippen LogP contribution in [0.15, 0.2) is 12.1 Å². The van der Waals surface area contributed by atoms with E-state index in [0.29, 0.717) is 6.07 Å². The highest BCUT2D eigenvalue weighted by molar-refractivity contribution is 6.32. The number of nitrogens with zero attached hydrogens (tertiary/aromatic N) is 1. The number of nitro groups is 1. The lowest BCUT2D eigenvalue weighted by Gasteiger charge is -2.14. The van der Waals surface area contributed by atoms with Crippen LogP contribution in [0.25, 0.3) is 0 Å². The summed E-state index contributed by atoms with van der Waals surface area (Å²) in [6, 6.07) is 1.48. The average molecular weight is 304 g/mol. The van der Waals surface area contributed by atoms with E-state index in [1.165, 1.54) is 0 Å². The van der Waals surface area contributed by atoms with Gasteiger partial charge < -0.3 is 4.74 Å². The number of carbonyl (C=O) groups excluding carboxylic acids is 2. The molecule has 0 amide bonds. The molecule has 1 rings (SSSR count). The van der Waals surface area contributed by atoms with E-state index in [2.05, 4.69) is 0 Å². The lowest BCUT2D eigenvalue weighted by atomic mass is 9.95. The van der Waals surface area contributed by atoms with Crippen molar-refractivity contribution in [3.63, 3.8) is 0 Å². The van der Waals surface area contributed by atoms with E-state index in [4.69, 9.17) is 16.3 Å². The van der Waals surface area contributed by atoms with Gasteiger partial charge in [-0.15, -0.1) is 0 Å². The van der Waals surface area contributed by atoms with Crippen LogP contribution in [-0.4, -0.2) is 23.3 Å². The fourth-order valence-electron chi connectivity index (χ4n) is 1.65. The van der Waals surface area contributed by atoms with Gasteiger partial charge in [-0.2, -0.15) is 4.39 Å². The van der Waals surface area contributed by atoms with Crippen molar-refractivity contribution in [1.82, 2.24) is 0 Å². The highest BCUT2D eigenvalue weighted by atomic mass is 35.5. The second-order valence-electron chi connectivity index (χ2n) is 3.88. The number of Topliss-reactive ketones (excluding diaryl/α,β-unsaturated/α-hetero) is 1. The van der Waals surface area contributed by atoms with Crippen LogP contribution in [0, 0.1) is 15.9 Å². The summed E-state index contributed by atoms with van der Waals surface area (Å²) in [7, 11) is 0. The van der Waals surface area contributed by atoms with Gasteiger partial charge in [-0.1, -0.05) is 11.6 Å². The SMILES string of the molecule is CCOC(=O)C(C(C)=O)c1cc(F)c([N+](=O)[O-])cc1Cl. The molecule has 1 aromatic rings. The topological polar surface area (TPSA) is 86.5 Å². The van der Waals surface area contributed by atoms with Gasteiger partial charge >= 0.3 is 11.7 Å². The van der Waals surface area contributed by atoms with Crippen LogP contribution in [0.5, 0.6) is 0 Å². The van der Waals surface area contributed by atoms with Crippen LogP contribution in [0.3, 0.4) is 0 Å². The maximum Gasteiger partial charge on any atom is 0.321 e. The Morgan fingerprint density at radius 3 is 2.55 bits per heavy atom. The molecule has 0 bridgehead atoms. The Morgan fingerprint density at radius 1 is 1.50 bits per heavy atom. The van der Waals surface area contributed by atoms with Gasteiger partial charge in [0, 0.05) is 6.07 Å². The molecular weight excluding hydrogens is 293 g/mol. The molecule has 1 unspecified atom stereocenters. The fourth-order valence-corrected chi connectivity index (χ4v) is 1.92. The molecule has 0 fully saturated rings. The Labute approximate surface area is 118 Å². The van der Waals surface area contributed by atoms with Crippen molar-refractivity contribution in [1.29, 1.82) is 0 Å². The van der Waals surface area contributed by atoms with Gasteiger partial charge in [-0.3, -0.25) is 19.7 Å². The van der Waals surface area contributed by atoms with E-state index < -0.39 is 34.1 Å². The number of benzene rings is 1. The van der Waals surface area contributed by atoms with E-state index >= 15 is 0 Å². The molecule has 1 atom stereocenters. The summed E-state index contributed by atoms with van der Waals surface area (Å²) in [6.07, 6.45) is 0. The third-order valence-electron chi connectivity index (χ3n) is 2.50. The smallest absolute Gasteiger partial charge is 0.321 e. The Morgan fingerprint density at radius 2 is 2.10 bits per heavy atom. The van der Waals surface area contributed by atoms with Gasteiger partial charge in [0.1, 0.15) is 11.7 Å². The number of ether oxygens (including phenoxy) is 1. The second-order valence-corrected chi connectivity index (χ2v) is 4.29. The summed E-state index contributed by atoms with van der Waals surface area (Å²) in [5.41, 5.74) is -0.981. The fraction of sp³-hybridized carbons (Fsp3) is 0.333. The summed E-state index contributed by atoms with van der Waals surface area (Å²) in [6.45, 7) is 2.71. The maximum absolute atomic E-state index is 13.6. The largest absolute Gasteiger partial charge is 0.465 e. The maximum atomic E-state index is 13.6. The lowest BCUT2D eigenvalue weighted by molar-refractivity contribution is -0.387. The van der Waals surface area contributed by atoms with Gasteiger partial charge in [0.05, 0.1) is 16.6 Å². The predicted octanol–water partition coefficient (Wildman–Crippen LogP) is 2.62. The van der Waals surface area contributed by atoms with Crippen molar-refractivity contribution in [2.75, 3.05) is 6.61 Å². The van der Waals surface area contributed by atoms with Crippen LogP contribution in [-0.2, 0) is 14.3 Å². The number of nitro benzene ring substituents is 1. The standard InChI is InChI=1S/C12H11ClFNO5/c1-3-20-12(17)11(6(2)16)7-4-9(14)10(15(18)19)5-8(7)13/h4-5,11H,3H2,1-2H3. The van der Waals surface area contributed by atoms with Crippen molar-refractivity contribution in [2.24, 2.45) is 0 Å². The molecule has 6 nitrogen and oxygen atoms in total. The van der Waals surface area contributed by atoms with Gasteiger partial charge in [-0.05, 0) is 25.5 Å². The lowest BCUT2D eigenvalue weighted by Crippen LogP contribution is -2.23. The molecule has 0 aliphatic heterocycles. The third kappa shape index (κ3) is 3.30. The molecule has 20 heavy (non-hydrogen) atoms. The highest BCUT2D eigenvalue weighted by Crippen LogP contribution is 2.32. The average Bonchev–Trinajstić information content (AvgIpc) is 2.32. The predicted molar refractivity (Wildman–Crippen MR) is 68.1 cm³/mol. The summed E-state index contributed by atoms with van der Waals surface area (Å²) in [5.74, 6) is -4.06. The minimum Gasteiger partial charge on any atom is -0.465 e. The molecular formula is C12H11ClFNO5. The zero-order chi connectivity index (χ0) is 15.4. The van der Waals surface area contributed by atoms with Gasteiger partial charge in [0.15, 0.2) is 0 Å². The number of ketones is 1. The van der Waals surface area contributed by atoms with Crippen molar-refractivity contribution < 1.29 is 23.6 Å². The van der Waals surface area contributed by atoms with Crippen molar-refractivity contribution in [3.05, 3.63) is 38.7 Å². The Bertz CT molecular complexity index is 575. The third-order valence-corrected chi connectivity index (χ3v) is 2.83. The van der Waals surface area contributed by atoms with E-state index in [9.17, 15) is 24.1 Å². The molecule has 0 aliphatic carbocycles. The molecule has 8 heteroatoms. The molecule has 0 saturated carbocycles. The number of halogens is 2. The molecule has 0 saturated heterocycles. The van der Waals surface area contributed by atoms with E-state index in [1.807, 2.05) is 0 Å². The van der Waals surface area contributed by atoms with Gasteiger partial charge in [0.25, 0.3) is 0 Å². The van der Waals surface area contributed by atoms with Crippen molar-refractivity contribution in [2.45, 2.75) is 19.8 Å². The Kier molecular flexibility index (Phi) is 5.15. The zero-order valence-corrected chi connectivity index (χ0v) is 11.4. The van der Waals surface area contributed by atoms with Crippen LogP contribution in [0.4, 0.5) is 10.1 Å². The molecule has 1 aromatic carbocycles. The van der Waals surface area contributed by atoms with Crippen molar-refractivity contribution in [3.8, 4) is 0 Å². The first-order valence-electron chi connectivity index (χ1n) is 5.60. The molecule has 0 spiro atoms. The second kappa shape index (κ2) is 6.42. The number of carbonyl (C=O) groups is 2. The number of hydrogen-bond acceptors (Lipinski definition) is 5. The molecule has 0 radical (unpaired) electrons. The Hall–Kier alpha value is -2.02. The zero-order valence-electron chi connectivity index (χ0n) is 10.7. The molecule has 0 aromatic heterocycles. The molecule has 0 N–H and O–H groups in total. The molecule has 0 heterocycles. The van der Waals surface area contributed by atoms with Crippen LogP contribution >= 0.6 is 11.6 Å². The van der Waals surface area contributed by atoms with Crippen LogP contribution in [0.2, 0.25) is 5.02 Å². The van der Waals surface area contributed by atoms with Crippen LogP contribution in [0.1, 0.15) is 25.3 Å². The quantitative estimate of drug-likeness (QED) is 0.361. The number of rotatable bonds is 5. The van der Waals surface area contributed by atoms with Crippen LogP contribution < -0.4 is 0 Å². The monoisotopic (exact) mass is 303 g/mol. The van der Waals surface area contributed by atoms with E-state index in [0.717, 1.165) is 13.0 Å². The normalized spacial score (nSPS) is 11.8. The van der Waals surface area contributed by atoms with Gasteiger partial charge in [-0.25, -0.2) is 0 Å². The first kappa shape index (κ1) is 16.0. The van der Waals surface area contributed by atoms with Gasteiger partial charge in [0.2, 0.25) is 5.82 Å². The molecule has 108 valence electrons. The Balaban J connectivity index is 3.35. The minimum atomic E-state index is -1.40. The highest BCUT2D eigenvalue weighted by Gasteiger charge is 2.31. The summed E-state index contributed by atoms with van der Waals surface area (Å²) < 4.78 is 18.3. The minimum absolute atomic E-state index is 0.0374. The summed E-state index contributed by atoms with van der Waals surface area (Å²) in [4.78, 5) is 32.9. The number of hydrogen-bond donors (Lipinski definition) is 0. The summed E-state index contributed by atoms with van der Waals surface area (Å²) in [5, 5.41) is 10.3. The first-order chi connectivity index (χ1) is 9.29. The number of esters is 1. The summed E-state index contributed by atoms with van der Waals surface area (Å²) >= 11 is 5.80. The van der Waals surface area contributed by atoms with E-state index in [-0.39, 0.29) is 17.2 Å². The van der Waals surface area contributed by atoms with E-state index in [1.54, 1.807) is 6.92 Å². The first-order valence-corrected chi connectivity index (χ1v) is 5.97. The molecule has 0 aliphatic rings.